The molecule has 0 spiro atoms. The minimum atomic E-state index is -0.410. The van der Waals surface area contributed by atoms with Gasteiger partial charge in [0.1, 0.15) is 11.5 Å². The number of nitrogens with zero attached hydrogens (tertiary/aromatic N) is 2. The van der Waals surface area contributed by atoms with Crippen molar-refractivity contribution in [1.29, 1.82) is 0 Å². The molecule has 21 heavy (non-hydrogen) atoms. The van der Waals surface area contributed by atoms with Crippen molar-refractivity contribution >= 4 is 33.8 Å². The Morgan fingerprint density at radius 2 is 2.19 bits per heavy atom. The van der Waals surface area contributed by atoms with Crippen LogP contribution in [0.2, 0.25) is 0 Å². The van der Waals surface area contributed by atoms with Gasteiger partial charge in [0.2, 0.25) is 0 Å². The maximum Gasteiger partial charge on any atom is 0.275 e. The fourth-order valence-corrected chi connectivity index (χ4v) is 2.28. The van der Waals surface area contributed by atoms with Crippen LogP contribution in [0.4, 0.5) is 20.9 Å². The summed E-state index contributed by atoms with van der Waals surface area (Å²) in [6, 6.07) is 4.77. The zero-order valence-electron chi connectivity index (χ0n) is 12.1. The van der Waals surface area contributed by atoms with Crippen molar-refractivity contribution in [2.75, 3.05) is 23.0 Å². The monoisotopic (exact) mass is 308 g/mol. The van der Waals surface area contributed by atoms with Gasteiger partial charge in [-0.2, -0.15) is 0 Å². The lowest BCUT2D eigenvalue weighted by molar-refractivity contribution is 0.102. The number of carbonyl (C=O) groups excluding carboxylic acids is 1. The highest BCUT2D eigenvalue weighted by molar-refractivity contribution is 7.13. The van der Waals surface area contributed by atoms with Crippen molar-refractivity contribution in [1.82, 2.24) is 4.98 Å². The van der Waals surface area contributed by atoms with Gasteiger partial charge in [0.15, 0.2) is 5.13 Å². The second-order valence-corrected chi connectivity index (χ2v) is 5.79. The fraction of sp³-hybridized carbons (Fsp3) is 0.286. The maximum absolute atomic E-state index is 14.1. The number of aromatic nitrogens is 1. The molecule has 5 nitrogen and oxygen atoms in total. The van der Waals surface area contributed by atoms with Crippen LogP contribution in [0.3, 0.4) is 0 Å². The van der Waals surface area contributed by atoms with Gasteiger partial charge in [0.05, 0.1) is 5.69 Å². The number of benzene rings is 1. The van der Waals surface area contributed by atoms with E-state index in [1.54, 1.807) is 17.5 Å². The Bertz CT molecular complexity index is 656. The van der Waals surface area contributed by atoms with Crippen molar-refractivity contribution in [3.63, 3.8) is 0 Å². The van der Waals surface area contributed by atoms with Crippen LogP contribution >= 0.6 is 11.3 Å². The van der Waals surface area contributed by atoms with E-state index in [2.05, 4.69) is 10.3 Å². The van der Waals surface area contributed by atoms with E-state index in [0.717, 1.165) is 0 Å². The van der Waals surface area contributed by atoms with E-state index in [1.165, 1.54) is 17.4 Å². The second kappa shape index (κ2) is 6.09. The SMILES string of the molecule is CC(C)N(C)c1ccc(NC(=O)c2csc(N)n2)cc1F. The summed E-state index contributed by atoms with van der Waals surface area (Å²) < 4.78 is 14.1. The third-order valence-electron chi connectivity index (χ3n) is 3.11. The number of halogens is 1. The lowest BCUT2D eigenvalue weighted by Crippen LogP contribution is -2.26. The van der Waals surface area contributed by atoms with Crippen LogP contribution in [0.1, 0.15) is 24.3 Å². The van der Waals surface area contributed by atoms with E-state index in [-0.39, 0.29) is 17.6 Å². The molecule has 1 aromatic carbocycles. The van der Waals surface area contributed by atoms with Crippen LogP contribution in [-0.2, 0) is 0 Å². The van der Waals surface area contributed by atoms with Crippen LogP contribution in [0.5, 0.6) is 0 Å². The molecule has 0 saturated heterocycles. The smallest absolute Gasteiger partial charge is 0.275 e. The van der Waals surface area contributed by atoms with Crippen LogP contribution in [-0.4, -0.2) is 24.0 Å². The van der Waals surface area contributed by atoms with Crippen molar-refractivity contribution in [3.8, 4) is 0 Å². The first kappa shape index (κ1) is 15.2. The van der Waals surface area contributed by atoms with Gasteiger partial charge in [-0.25, -0.2) is 9.37 Å². The van der Waals surface area contributed by atoms with Crippen LogP contribution in [0.25, 0.3) is 0 Å². The molecule has 7 heteroatoms. The van der Waals surface area contributed by atoms with Crippen molar-refractivity contribution in [3.05, 3.63) is 35.1 Å². The molecule has 2 aromatic rings. The first-order valence-electron chi connectivity index (χ1n) is 6.43. The van der Waals surface area contributed by atoms with E-state index in [1.807, 2.05) is 25.8 Å². The molecule has 1 amide bonds. The molecular weight excluding hydrogens is 291 g/mol. The van der Waals surface area contributed by atoms with E-state index in [9.17, 15) is 9.18 Å². The summed E-state index contributed by atoms with van der Waals surface area (Å²) in [6.45, 7) is 3.95. The first-order chi connectivity index (χ1) is 9.88. The Hall–Kier alpha value is -2.15. The molecule has 0 aliphatic carbocycles. The van der Waals surface area contributed by atoms with Crippen LogP contribution in [0, 0.1) is 5.82 Å². The highest BCUT2D eigenvalue weighted by Crippen LogP contribution is 2.24. The average Bonchev–Trinajstić information content (AvgIpc) is 2.85. The molecule has 0 radical (unpaired) electrons. The van der Waals surface area contributed by atoms with Crippen molar-refractivity contribution in [2.24, 2.45) is 0 Å². The highest BCUT2D eigenvalue weighted by atomic mass is 32.1. The third kappa shape index (κ3) is 3.49. The number of hydrogen-bond donors (Lipinski definition) is 2. The fourth-order valence-electron chi connectivity index (χ4n) is 1.74. The minimum absolute atomic E-state index is 0.179. The van der Waals surface area contributed by atoms with Gasteiger partial charge in [-0.15, -0.1) is 11.3 Å². The van der Waals surface area contributed by atoms with Gasteiger partial charge in [0.25, 0.3) is 5.91 Å². The van der Waals surface area contributed by atoms with Gasteiger partial charge in [-0.05, 0) is 32.0 Å². The number of hydrogen-bond acceptors (Lipinski definition) is 5. The average molecular weight is 308 g/mol. The van der Waals surface area contributed by atoms with E-state index in [0.29, 0.717) is 16.5 Å². The summed E-state index contributed by atoms with van der Waals surface area (Å²) in [6.07, 6.45) is 0. The molecule has 0 unspecified atom stereocenters. The number of anilines is 3. The zero-order chi connectivity index (χ0) is 15.6. The first-order valence-corrected chi connectivity index (χ1v) is 7.31. The highest BCUT2D eigenvalue weighted by Gasteiger charge is 2.14. The molecule has 0 aliphatic rings. The number of nitrogen functional groups attached to an aromatic ring is 1. The molecule has 0 bridgehead atoms. The number of rotatable bonds is 4. The van der Waals surface area contributed by atoms with Crippen molar-refractivity contribution in [2.45, 2.75) is 19.9 Å². The summed E-state index contributed by atoms with van der Waals surface area (Å²) in [4.78, 5) is 17.6. The Morgan fingerprint density at radius 3 is 2.71 bits per heavy atom. The van der Waals surface area contributed by atoms with Gasteiger partial charge in [-0.3, -0.25) is 4.79 Å². The molecule has 0 atom stereocenters. The normalized spacial score (nSPS) is 10.7. The maximum atomic E-state index is 14.1. The second-order valence-electron chi connectivity index (χ2n) is 4.90. The topological polar surface area (TPSA) is 71.2 Å². The van der Waals surface area contributed by atoms with E-state index < -0.39 is 5.91 Å². The molecule has 1 aromatic heterocycles. The molecule has 0 saturated carbocycles. The molecular formula is C14H17FN4OS. The Kier molecular flexibility index (Phi) is 4.42. The standard InChI is InChI=1S/C14H17FN4OS/c1-8(2)19(3)12-5-4-9(6-10(12)15)17-13(20)11-7-21-14(16)18-11/h4-8H,1-3H3,(H2,16,18)(H,17,20). The minimum Gasteiger partial charge on any atom is -0.375 e. The molecule has 1 heterocycles. The summed E-state index contributed by atoms with van der Waals surface area (Å²) in [7, 11) is 1.82. The number of thiazole rings is 1. The van der Waals surface area contributed by atoms with Gasteiger partial charge < -0.3 is 16.0 Å². The quantitative estimate of drug-likeness (QED) is 0.911. The van der Waals surface area contributed by atoms with E-state index in [4.69, 9.17) is 5.73 Å². The van der Waals surface area contributed by atoms with Crippen LogP contribution < -0.4 is 16.0 Å². The molecule has 0 aliphatic heterocycles. The largest absolute Gasteiger partial charge is 0.375 e. The third-order valence-corrected chi connectivity index (χ3v) is 3.79. The number of nitrogens with two attached hydrogens (primary N) is 1. The van der Waals surface area contributed by atoms with E-state index >= 15 is 0 Å². The summed E-state index contributed by atoms with van der Waals surface area (Å²) in [5.74, 6) is -0.797. The Morgan fingerprint density at radius 1 is 1.48 bits per heavy atom. The summed E-state index contributed by atoms with van der Waals surface area (Å²) >= 11 is 1.18. The predicted octanol–water partition coefficient (Wildman–Crippen LogP) is 2.96. The molecule has 3 N–H and O–H groups in total. The van der Waals surface area contributed by atoms with Crippen molar-refractivity contribution < 1.29 is 9.18 Å². The lowest BCUT2D eigenvalue weighted by atomic mass is 10.2. The van der Waals surface area contributed by atoms with Gasteiger partial charge >= 0.3 is 0 Å². The molecule has 112 valence electrons. The number of carbonyl (C=O) groups is 1. The summed E-state index contributed by atoms with van der Waals surface area (Å²) in [5, 5.41) is 4.48. The van der Waals surface area contributed by atoms with Gasteiger partial charge in [-0.1, -0.05) is 0 Å². The predicted molar refractivity (Wildman–Crippen MR) is 84.4 cm³/mol. The number of nitrogens with one attached hydrogen (secondary N) is 1. The lowest BCUT2D eigenvalue weighted by Gasteiger charge is -2.24. The zero-order valence-corrected chi connectivity index (χ0v) is 12.9. The Balaban J connectivity index is 2.15. The molecule has 2 rings (SSSR count). The Labute approximate surface area is 126 Å². The summed E-state index contributed by atoms with van der Waals surface area (Å²) in [5.41, 5.74) is 6.57. The molecule has 0 fully saturated rings. The number of amides is 1. The van der Waals surface area contributed by atoms with Gasteiger partial charge in [0, 0.05) is 24.2 Å². The van der Waals surface area contributed by atoms with Crippen LogP contribution in [0.15, 0.2) is 23.6 Å².